The summed E-state index contributed by atoms with van der Waals surface area (Å²) in [5.74, 6) is 0.550. The van der Waals surface area contributed by atoms with E-state index in [0.29, 0.717) is 31.0 Å². The maximum atomic E-state index is 12.8. The van der Waals surface area contributed by atoms with Crippen LogP contribution in [-0.4, -0.2) is 20.7 Å². The second-order valence-electron chi connectivity index (χ2n) is 8.03. The largest absolute Gasteiger partial charge is 0.487 e. The lowest BCUT2D eigenvalue weighted by molar-refractivity contribution is 0.0951. The molecule has 174 valence electrons. The van der Waals surface area contributed by atoms with Crippen LogP contribution in [0.3, 0.4) is 0 Å². The molecule has 0 saturated heterocycles. The highest BCUT2D eigenvalue weighted by Gasteiger charge is 2.14. The topological polar surface area (TPSA) is 69.0 Å². The molecule has 0 aliphatic heterocycles. The summed E-state index contributed by atoms with van der Waals surface area (Å²) in [5, 5.41) is 9.81. The summed E-state index contributed by atoms with van der Waals surface area (Å²) in [6.45, 7) is 1.45. The lowest BCUT2D eigenvalue weighted by atomic mass is 10.1. The SMILES string of the molecule is O=C(NCc1cn(Cc2ccccc2)nc1-c1ccccc1)c1ccc(OCc2cscn2)cc1. The summed E-state index contributed by atoms with van der Waals surface area (Å²) in [7, 11) is 0. The van der Waals surface area contributed by atoms with E-state index in [0.717, 1.165) is 22.5 Å². The predicted molar refractivity (Wildman–Crippen MR) is 137 cm³/mol. The van der Waals surface area contributed by atoms with Crippen LogP contribution in [0.4, 0.5) is 0 Å². The number of benzene rings is 3. The summed E-state index contributed by atoms with van der Waals surface area (Å²) < 4.78 is 7.66. The molecule has 1 amide bonds. The van der Waals surface area contributed by atoms with E-state index in [9.17, 15) is 4.79 Å². The Morgan fingerprint density at radius 2 is 1.69 bits per heavy atom. The molecule has 1 N–H and O–H groups in total. The van der Waals surface area contributed by atoms with E-state index in [1.54, 1.807) is 29.8 Å². The van der Waals surface area contributed by atoms with Gasteiger partial charge < -0.3 is 10.1 Å². The van der Waals surface area contributed by atoms with Gasteiger partial charge in [-0.1, -0.05) is 60.7 Å². The lowest BCUT2D eigenvalue weighted by Gasteiger charge is -2.08. The van der Waals surface area contributed by atoms with Crippen molar-refractivity contribution in [3.05, 3.63) is 124 Å². The van der Waals surface area contributed by atoms with Crippen molar-refractivity contribution in [1.29, 1.82) is 0 Å². The molecule has 2 aromatic heterocycles. The van der Waals surface area contributed by atoms with Crippen LogP contribution in [0.5, 0.6) is 5.75 Å². The molecular weight excluding hydrogens is 456 g/mol. The minimum atomic E-state index is -0.147. The summed E-state index contributed by atoms with van der Waals surface area (Å²) in [5.41, 5.74) is 7.26. The third-order valence-corrected chi connectivity index (χ3v) is 6.13. The maximum Gasteiger partial charge on any atom is 0.251 e. The lowest BCUT2D eigenvalue weighted by Crippen LogP contribution is -2.22. The van der Waals surface area contributed by atoms with Gasteiger partial charge in [-0.2, -0.15) is 5.10 Å². The fourth-order valence-electron chi connectivity index (χ4n) is 3.73. The van der Waals surface area contributed by atoms with Gasteiger partial charge in [-0.05, 0) is 29.8 Å². The Bertz CT molecular complexity index is 1370. The van der Waals surface area contributed by atoms with Crippen LogP contribution in [0.25, 0.3) is 11.3 Å². The van der Waals surface area contributed by atoms with Crippen LogP contribution in [0.15, 0.2) is 102 Å². The predicted octanol–water partition coefficient (Wildman–Crippen LogP) is 5.56. The molecule has 0 atom stereocenters. The second kappa shape index (κ2) is 10.8. The molecule has 0 aliphatic carbocycles. The number of carbonyl (C=O) groups excluding carboxylic acids is 1. The van der Waals surface area contributed by atoms with E-state index >= 15 is 0 Å². The van der Waals surface area contributed by atoms with Gasteiger partial charge in [0.15, 0.2) is 0 Å². The van der Waals surface area contributed by atoms with Crippen LogP contribution >= 0.6 is 11.3 Å². The third kappa shape index (κ3) is 5.83. The van der Waals surface area contributed by atoms with E-state index in [1.165, 1.54) is 16.9 Å². The fraction of sp³-hybridized carbons (Fsp3) is 0.107. The van der Waals surface area contributed by atoms with Crippen LogP contribution in [0, 0.1) is 0 Å². The number of hydrogen-bond acceptors (Lipinski definition) is 5. The van der Waals surface area contributed by atoms with Crippen LogP contribution in [0.2, 0.25) is 0 Å². The van der Waals surface area contributed by atoms with E-state index in [2.05, 4.69) is 22.4 Å². The van der Waals surface area contributed by atoms with Crippen molar-refractivity contribution in [2.75, 3.05) is 0 Å². The Hall–Kier alpha value is -4.23. The van der Waals surface area contributed by atoms with Crippen molar-refractivity contribution in [2.45, 2.75) is 19.7 Å². The average Bonchev–Trinajstić information content (AvgIpc) is 3.57. The first-order valence-electron chi connectivity index (χ1n) is 11.3. The molecule has 7 heteroatoms. The van der Waals surface area contributed by atoms with Gasteiger partial charge in [0.05, 0.1) is 23.4 Å². The van der Waals surface area contributed by atoms with Gasteiger partial charge in [-0.3, -0.25) is 9.48 Å². The normalized spacial score (nSPS) is 10.7. The Morgan fingerprint density at radius 3 is 2.40 bits per heavy atom. The Balaban J connectivity index is 1.27. The molecule has 5 aromatic rings. The first-order chi connectivity index (χ1) is 17.2. The zero-order chi connectivity index (χ0) is 23.9. The highest BCUT2D eigenvalue weighted by molar-refractivity contribution is 7.07. The Kier molecular flexibility index (Phi) is 6.96. The van der Waals surface area contributed by atoms with Gasteiger partial charge in [0.25, 0.3) is 5.91 Å². The molecule has 3 aromatic carbocycles. The number of thiazole rings is 1. The average molecular weight is 481 g/mol. The smallest absolute Gasteiger partial charge is 0.251 e. The van der Waals surface area contributed by atoms with Gasteiger partial charge in [-0.25, -0.2) is 4.98 Å². The Morgan fingerprint density at radius 1 is 0.943 bits per heavy atom. The number of nitrogens with zero attached hydrogens (tertiary/aromatic N) is 3. The molecule has 0 saturated carbocycles. The molecule has 0 radical (unpaired) electrons. The Labute approximate surface area is 207 Å². The van der Waals surface area contributed by atoms with E-state index in [-0.39, 0.29) is 5.91 Å². The van der Waals surface area contributed by atoms with Gasteiger partial charge in [0, 0.05) is 34.8 Å². The molecular formula is C28H24N4O2S. The summed E-state index contributed by atoms with van der Waals surface area (Å²) in [6, 6.07) is 27.4. The van der Waals surface area contributed by atoms with E-state index < -0.39 is 0 Å². The van der Waals surface area contributed by atoms with Gasteiger partial charge in [-0.15, -0.1) is 11.3 Å². The van der Waals surface area contributed by atoms with Gasteiger partial charge in [0.2, 0.25) is 0 Å². The summed E-state index contributed by atoms with van der Waals surface area (Å²) in [6.07, 6.45) is 2.00. The minimum Gasteiger partial charge on any atom is -0.487 e. The number of carbonyl (C=O) groups is 1. The number of hydrogen-bond donors (Lipinski definition) is 1. The first-order valence-corrected chi connectivity index (χ1v) is 12.2. The maximum absolute atomic E-state index is 12.8. The van der Waals surface area contributed by atoms with Gasteiger partial charge in [0.1, 0.15) is 12.4 Å². The third-order valence-electron chi connectivity index (χ3n) is 5.50. The number of amides is 1. The molecule has 0 spiro atoms. The van der Waals surface area contributed by atoms with E-state index in [1.807, 2.05) is 64.8 Å². The zero-order valence-corrected chi connectivity index (χ0v) is 19.8. The molecule has 35 heavy (non-hydrogen) atoms. The van der Waals surface area contributed by atoms with Crippen molar-refractivity contribution >= 4 is 17.2 Å². The van der Waals surface area contributed by atoms with E-state index in [4.69, 9.17) is 9.84 Å². The highest BCUT2D eigenvalue weighted by Crippen LogP contribution is 2.23. The fourth-order valence-corrected chi connectivity index (χ4v) is 4.27. The standard InChI is InChI=1S/C28H24N4O2S/c33-28(23-11-13-26(14-12-23)34-18-25-19-35-20-30-25)29-15-24-17-32(16-21-7-3-1-4-8-21)31-27(24)22-9-5-2-6-10-22/h1-14,17,19-20H,15-16,18H2,(H,29,33). The van der Waals surface area contributed by atoms with Gasteiger partial charge >= 0.3 is 0 Å². The summed E-state index contributed by atoms with van der Waals surface area (Å²) >= 11 is 1.54. The monoisotopic (exact) mass is 480 g/mol. The van der Waals surface area contributed by atoms with Crippen LogP contribution < -0.4 is 10.1 Å². The van der Waals surface area contributed by atoms with Crippen molar-refractivity contribution in [2.24, 2.45) is 0 Å². The molecule has 0 aliphatic rings. The molecule has 2 heterocycles. The molecule has 6 nitrogen and oxygen atoms in total. The number of aromatic nitrogens is 3. The molecule has 0 fully saturated rings. The quantitative estimate of drug-likeness (QED) is 0.300. The van der Waals surface area contributed by atoms with Crippen molar-refractivity contribution in [3.8, 4) is 17.0 Å². The molecule has 5 rings (SSSR count). The van der Waals surface area contributed by atoms with Crippen molar-refractivity contribution < 1.29 is 9.53 Å². The van der Waals surface area contributed by atoms with Crippen LogP contribution in [0.1, 0.15) is 27.2 Å². The number of ether oxygens (including phenoxy) is 1. The number of nitrogens with one attached hydrogen (secondary N) is 1. The zero-order valence-electron chi connectivity index (χ0n) is 19.0. The highest BCUT2D eigenvalue weighted by atomic mass is 32.1. The summed E-state index contributed by atoms with van der Waals surface area (Å²) in [4.78, 5) is 17.0. The van der Waals surface area contributed by atoms with Crippen LogP contribution in [-0.2, 0) is 19.7 Å². The minimum absolute atomic E-state index is 0.147. The van der Waals surface area contributed by atoms with Crippen molar-refractivity contribution in [3.63, 3.8) is 0 Å². The molecule has 0 unspecified atom stereocenters. The molecule has 0 bridgehead atoms. The second-order valence-corrected chi connectivity index (χ2v) is 8.75. The first kappa shape index (κ1) is 22.6. The van der Waals surface area contributed by atoms with Crippen molar-refractivity contribution in [1.82, 2.24) is 20.1 Å². The number of rotatable bonds is 9.